The molecule has 0 fully saturated rings. The molecule has 0 spiro atoms. The summed E-state index contributed by atoms with van der Waals surface area (Å²) in [7, 11) is 1.66. The number of carboxylic acids is 1. The van der Waals surface area contributed by atoms with Crippen LogP contribution in [0.5, 0.6) is 0 Å². The van der Waals surface area contributed by atoms with Crippen molar-refractivity contribution in [3.63, 3.8) is 0 Å². The van der Waals surface area contributed by atoms with Gasteiger partial charge in [-0.3, -0.25) is 4.79 Å². The molecule has 0 aliphatic carbocycles. The second-order valence-electron chi connectivity index (χ2n) is 5.03. The fourth-order valence-electron chi connectivity index (χ4n) is 1.67. The third-order valence-electron chi connectivity index (χ3n) is 3.01. The standard InChI is InChI=1S/C13H20N2O4S/c1-9(10-5-4-6-20-10)15(3)12(18)14-8-13(2,19)7-11(16)17/h4-6,9,19H,7-8H2,1-3H3,(H,14,18)(H,16,17). The number of nitrogens with one attached hydrogen (secondary N) is 1. The summed E-state index contributed by atoms with van der Waals surface area (Å²) < 4.78 is 0. The number of aliphatic hydroxyl groups is 1. The zero-order chi connectivity index (χ0) is 15.3. The van der Waals surface area contributed by atoms with E-state index in [0.717, 1.165) is 4.88 Å². The van der Waals surface area contributed by atoms with Crippen LogP contribution in [-0.2, 0) is 4.79 Å². The van der Waals surface area contributed by atoms with E-state index in [2.05, 4.69) is 5.32 Å². The summed E-state index contributed by atoms with van der Waals surface area (Å²) in [5, 5.41) is 23.0. The minimum atomic E-state index is -1.46. The lowest BCUT2D eigenvalue weighted by molar-refractivity contribution is -0.141. The van der Waals surface area contributed by atoms with Crippen molar-refractivity contribution in [3.05, 3.63) is 22.4 Å². The molecule has 1 rings (SSSR count). The van der Waals surface area contributed by atoms with E-state index in [1.165, 1.54) is 11.8 Å². The second kappa shape index (κ2) is 6.71. The van der Waals surface area contributed by atoms with Crippen LogP contribution in [0.25, 0.3) is 0 Å². The molecular weight excluding hydrogens is 280 g/mol. The van der Waals surface area contributed by atoms with Gasteiger partial charge in [-0.25, -0.2) is 4.79 Å². The molecule has 2 amide bonds. The Balaban J connectivity index is 2.52. The van der Waals surface area contributed by atoms with Crippen LogP contribution in [0.15, 0.2) is 17.5 Å². The highest BCUT2D eigenvalue weighted by Crippen LogP contribution is 2.23. The predicted molar refractivity (Wildman–Crippen MR) is 76.8 cm³/mol. The number of hydrogen-bond donors (Lipinski definition) is 3. The zero-order valence-corrected chi connectivity index (χ0v) is 12.6. The van der Waals surface area contributed by atoms with Gasteiger partial charge in [0, 0.05) is 18.5 Å². The van der Waals surface area contributed by atoms with E-state index in [9.17, 15) is 14.7 Å². The summed E-state index contributed by atoms with van der Waals surface area (Å²) in [5.74, 6) is -1.11. The topological polar surface area (TPSA) is 89.9 Å². The third kappa shape index (κ3) is 4.82. The fourth-order valence-corrected chi connectivity index (χ4v) is 2.50. The lowest BCUT2D eigenvalue weighted by atomic mass is 10.0. The number of hydrogen-bond acceptors (Lipinski definition) is 4. The van der Waals surface area contributed by atoms with Crippen LogP contribution >= 0.6 is 11.3 Å². The van der Waals surface area contributed by atoms with Crippen LogP contribution < -0.4 is 5.32 Å². The summed E-state index contributed by atoms with van der Waals surface area (Å²) >= 11 is 1.56. The van der Waals surface area contributed by atoms with Gasteiger partial charge in [-0.2, -0.15) is 0 Å². The van der Waals surface area contributed by atoms with Crippen molar-refractivity contribution in [2.75, 3.05) is 13.6 Å². The summed E-state index contributed by atoms with van der Waals surface area (Å²) in [6.07, 6.45) is -0.419. The molecule has 1 aromatic rings. The van der Waals surface area contributed by atoms with Gasteiger partial charge in [0.25, 0.3) is 0 Å². The molecule has 3 N–H and O–H groups in total. The van der Waals surface area contributed by atoms with E-state index < -0.39 is 18.0 Å². The molecule has 0 aliphatic rings. The van der Waals surface area contributed by atoms with Crippen LogP contribution in [-0.4, -0.2) is 46.3 Å². The SMILES string of the molecule is CC(c1cccs1)N(C)C(=O)NCC(C)(O)CC(=O)O. The highest BCUT2D eigenvalue weighted by atomic mass is 32.1. The number of carboxylic acid groups (broad SMARTS) is 1. The average Bonchev–Trinajstić information content (AvgIpc) is 2.86. The zero-order valence-electron chi connectivity index (χ0n) is 11.8. The molecular formula is C13H20N2O4S. The van der Waals surface area contributed by atoms with Gasteiger partial charge in [-0.05, 0) is 25.3 Å². The molecule has 0 aliphatic heterocycles. The van der Waals surface area contributed by atoms with Crippen LogP contribution in [0.2, 0.25) is 0 Å². The first-order valence-corrected chi connectivity index (χ1v) is 7.09. The molecule has 0 aromatic carbocycles. The number of aliphatic carboxylic acids is 1. The maximum Gasteiger partial charge on any atom is 0.317 e. The van der Waals surface area contributed by atoms with Crippen molar-refractivity contribution in [1.82, 2.24) is 10.2 Å². The monoisotopic (exact) mass is 300 g/mol. The van der Waals surface area contributed by atoms with Gasteiger partial charge >= 0.3 is 12.0 Å². The minimum Gasteiger partial charge on any atom is -0.481 e. The Morgan fingerprint density at radius 2 is 2.20 bits per heavy atom. The highest BCUT2D eigenvalue weighted by molar-refractivity contribution is 7.10. The van der Waals surface area contributed by atoms with Gasteiger partial charge in [0.1, 0.15) is 0 Å². The third-order valence-corrected chi connectivity index (χ3v) is 4.05. The van der Waals surface area contributed by atoms with Crippen molar-refractivity contribution in [2.45, 2.75) is 31.9 Å². The molecule has 1 aromatic heterocycles. The smallest absolute Gasteiger partial charge is 0.317 e. The Kier molecular flexibility index (Phi) is 5.52. The van der Waals surface area contributed by atoms with Crippen molar-refractivity contribution in [1.29, 1.82) is 0 Å². The minimum absolute atomic E-state index is 0.0839. The van der Waals surface area contributed by atoms with E-state index >= 15 is 0 Å². The van der Waals surface area contributed by atoms with Crippen molar-refractivity contribution >= 4 is 23.3 Å². The van der Waals surface area contributed by atoms with E-state index in [4.69, 9.17) is 5.11 Å². The summed E-state index contributed by atoms with van der Waals surface area (Å²) in [4.78, 5) is 25.1. The van der Waals surface area contributed by atoms with Gasteiger partial charge in [-0.1, -0.05) is 6.07 Å². The molecule has 0 saturated carbocycles. The quantitative estimate of drug-likeness (QED) is 0.745. The lowest BCUT2D eigenvalue weighted by Gasteiger charge is -2.27. The number of carbonyl (C=O) groups is 2. The van der Waals surface area contributed by atoms with Crippen LogP contribution in [0.3, 0.4) is 0 Å². The van der Waals surface area contributed by atoms with E-state index in [-0.39, 0.29) is 18.6 Å². The second-order valence-corrected chi connectivity index (χ2v) is 6.01. The maximum atomic E-state index is 12.0. The summed E-state index contributed by atoms with van der Waals surface area (Å²) in [6, 6.07) is 3.43. The molecule has 112 valence electrons. The number of nitrogens with zero attached hydrogens (tertiary/aromatic N) is 1. The fraction of sp³-hybridized carbons (Fsp3) is 0.538. The average molecular weight is 300 g/mol. The van der Waals surface area contributed by atoms with Gasteiger partial charge in [-0.15, -0.1) is 11.3 Å². The van der Waals surface area contributed by atoms with Crippen LogP contribution in [0.1, 0.15) is 31.2 Å². The van der Waals surface area contributed by atoms with E-state index in [1.54, 1.807) is 18.4 Å². The number of thiophene rings is 1. The predicted octanol–water partition coefficient (Wildman–Crippen LogP) is 1.68. The molecule has 0 bridgehead atoms. The normalized spacial score (nSPS) is 15.2. The van der Waals surface area contributed by atoms with E-state index in [0.29, 0.717) is 0 Å². The molecule has 2 unspecified atom stereocenters. The van der Waals surface area contributed by atoms with Gasteiger partial charge in [0.2, 0.25) is 0 Å². The van der Waals surface area contributed by atoms with Crippen molar-refractivity contribution < 1.29 is 19.8 Å². The summed E-state index contributed by atoms with van der Waals surface area (Å²) in [6.45, 7) is 3.17. The first-order valence-electron chi connectivity index (χ1n) is 6.21. The molecule has 0 saturated heterocycles. The van der Waals surface area contributed by atoms with Crippen LogP contribution in [0.4, 0.5) is 4.79 Å². The number of urea groups is 1. The molecule has 6 nitrogen and oxygen atoms in total. The highest BCUT2D eigenvalue weighted by Gasteiger charge is 2.26. The molecule has 0 radical (unpaired) electrons. The van der Waals surface area contributed by atoms with Crippen molar-refractivity contribution in [2.24, 2.45) is 0 Å². The molecule has 2 atom stereocenters. The first kappa shape index (κ1) is 16.5. The first-order chi connectivity index (χ1) is 9.23. The number of carbonyl (C=O) groups excluding carboxylic acids is 1. The molecule has 7 heteroatoms. The van der Waals surface area contributed by atoms with Gasteiger partial charge < -0.3 is 20.4 Å². The van der Waals surface area contributed by atoms with Crippen molar-refractivity contribution in [3.8, 4) is 0 Å². The molecule has 1 heterocycles. The maximum absolute atomic E-state index is 12.0. The Hall–Kier alpha value is -1.60. The Morgan fingerprint density at radius 1 is 1.55 bits per heavy atom. The number of amides is 2. The lowest BCUT2D eigenvalue weighted by Crippen LogP contribution is -2.46. The van der Waals surface area contributed by atoms with E-state index in [1.807, 2.05) is 24.4 Å². The Morgan fingerprint density at radius 3 is 2.70 bits per heavy atom. The Bertz CT molecular complexity index is 459. The molecule has 20 heavy (non-hydrogen) atoms. The summed E-state index contributed by atoms with van der Waals surface area (Å²) in [5.41, 5.74) is -1.46. The Labute approximate surface area is 122 Å². The van der Waals surface area contributed by atoms with Crippen LogP contribution in [0, 0.1) is 0 Å². The van der Waals surface area contributed by atoms with Gasteiger partial charge in [0.05, 0.1) is 18.1 Å². The van der Waals surface area contributed by atoms with Gasteiger partial charge in [0.15, 0.2) is 0 Å². The number of rotatable bonds is 6. The largest absolute Gasteiger partial charge is 0.481 e.